The molecule has 0 radical (unpaired) electrons. The van der Waals surface area contributed by atoms with E-state index in [0.29, 0.717) is 0 Å². The molecule has 0 saturated carbocycles. The largest absolute Gasteiger partial charge is 0.382 e. The van der Waals surface area contributed by atoms with E-state index in [9.17, 15) is 8.78 Å². The number of hydrazone groups is 1. The van der Waals surface area contributed by atoms with Crippen molar-refractivity contribution in [2.45, 2.75) is 0 Å². The molecule has 1 aromatic carbocycles. The zero-order valence-electron chi connectivity index (χ0n) is 8.26. The summed E-state index contributed by atoms with van der Waals surface area (Å²) in [6.07, 6.45) is 0. The Morgan fingerprint density at radius 3 is 2.65 bits per heavy atom. The second-order valence-corrected chi connectivity index (χ2v) is 3.70. The van der Waals surface area contributed by atoms with Crippen LogP contribution < -0.4 is 11.2 Å². The van der Waals surface area contributed by atoms with Crippen LogP contribution in [0.3, 0.4) is 0 Å². The van der Waals surface area contributed by atoms with Crippen LogP contribution in [0.5, 0.6) is 0 Å². The van der Waals surface area contributed by atoms with Crippen molar-refractivity contribution in [2.75, 3.05) is 5.43 Å². The number of hydrogen-bond donors (Lipinski definition) is 3. The van der Waals surface area contributed by atoms with Crippen molar-refractivity contribution in [1.29, 1.82) is 10.7 Å². The van der Waals surface area contributed by atoms with Gasteiger partial charge in [-0.25, -0.2) is 8.78 Å². The molecule has 0 amide bonds. The highest BCUT2D eigenvalue weighted by Crippen LogP contribution is 2.23. The first kappa shape index (κ1) is 13.1. The maximum atomic E-state index is 13.3. The highest BCUT2D eigenvalue weighted by Gasteiger charge is 2.08. The number of benzene rings is 1. The van der Waals surface area contributed by atoms with Gasteiger partial charge in [-0.1, -0.05) is 0 Å². The van der Waals surface area contributed by atoms with E-state index in [-0.39, 0.29) is 10.2 Å². The molecular weight excluding hydrogens is 296 g/mol. The van der Waals surface area contributed by atoms with E-state index in [1.165, 1.54) is 6.07 Å². The van der Waals surface area contributed by atoms with Crippen LogP contribution in [0.4, 0.5) is 14.5 Å². The molecule has 4 N–H and O–H groups in total. The second-order valence-electron chi connectivity index (χ2n) is 2.84. The first-order valence-corrected chi connectivity index (χ1v) is 4.97. The van der Waals surface area contributed by atoms with Gasteiger partial charge in [-0.05, 0) is 22.0 Å². The monoisotopic (exact) mass is 301 g/mol. The Hall–Kier alpha value is -2.01. The van der Waals surface area contributed by atoms with E-state index in [2.05, 4.69) is 26.5 Å². The molecule has 8 heteroatoms. The number of amidine groups is 1. The third kappa shape index (κ3) is 3.22. The van der Waals surface area contributed by atoms with Gasteiger partial charge in [0.1, 0.15) is 17.7 Å². The third-order valence-electron chi connectivity index (χ3n) is 1.66. The number of nitriles is 1. The average Bonchev–Trinajstić information content (AvgIpc) is 2.25. The second kappa shape index (κ2) is 5.36. The summed E-state index contributed by atoms with van der Waals surface area (Å²) in [5.41, 5.74) is 6.45. The number of rotatable bonds is 3. The molecule has 1 rings (SSSR count). The predicted octanol–water partition coefficient (Wildman–Crippen LogP) is 1.95. The molecule has 0 atom stereocenters. The lowest BCUT2D eigenvalue weighted by molar-refractivity contribution is 0.597. The topological polar surface area (TPSA) is 98.0 Å². The van der Waals surface area contributed by atoms with Crippen LogP contribution in [-0.2, 0) is 0 Å². The molecule has 1 aromatic rings. The maximum Gasteiger partial charge on any atom is 0.201 e. The molecule has 0 aliphatic heterocycles. The Morgan fingerprint density at radius 2 is 2.12 bits per heavy atom. The molecule has 0 spiro atoms. The van der Waals surface area contributed by atoms with E-state index in [4.69, 9.17) is 16.4 Å². The lowest BCUT2D eigenvalue weighted by atomic mass is 10.3. The van der Waals surface area contributed by atoms with Gasteiger partial charge < -0.3 is 5.73 Å². The normalized spacial score (nSPS) is 10.8. The summed E-state index contributed by atoms with van der Waals surface area (Å²) in [6.45, 7) is 0. The van der Waals surface area contributed by atoms with Gasteiger partial charge in [-0.15, -0.1) is 0 Å². The molecule has 0 saturated heterocycles. The summed E-state index contributed by atoms with van der Waals surface area (Å²) in [6, 6.07) is 3.30. The molecule has 0 unspecified atom stereocenters. The molecule has 0 aliphatic rings. The number of nitrogens with one attached hydrogen (secondary N) is 2. The van der Waals surface area contributed by atoms with Crippen LogP contribution in [0, 0.1) is 28.4 Å². The molecule has 88 valence electrons. The molecule has 0 bridgehead atoms. The lowest BCUT2D eigenvalue weighted by Crippen LogP contribution is -2.22. The Balaban J connectivity index is 3.01. The molecule has 0 heterocycles. The summed E-state index contributed by atoms with van der Waals surface area (Å²) in [5.74, 6) is -2.02. The van der Waals surface area contributed by atoms with Crippen molar-refractivity contribution >= 4 is 33.2 Å². The van der Waals surface area contributed by atoms with Gasteiger partial charge in [0.05, 0.1) is 10.2 Å². The Labute approximate surface area is 104 Å². The van der Waals surface area contributed by atoms with Crippen molar-refractivity contribution in [3.05, 3.63) is 28.2 Å². The minimum Gasteiger partial charge on any atom is -0.382 e. The molecule has 5 nitrogen and oxygen atoms in total. The highest BCUT2D eigenvalue weighted by atomic mass is 79.9. The Bertz CT molecular complexity index is 535. The minimum atomic E-state index is -0.761. The van der Waals surface area contributed by atoms with Crippen molar-refractivity contribution in [1.82, 2.24) is 0 Å². The van der Waals surface area contributed by atoms with Gasteiger partial charge in [0.25, 0.3) is 0 Å². The number of anilines is 1. The van der Waals surface area contributed by atoms with Crippen LogP contribution in [0.25, 0.3) is 0 Å². The van der Waals surface area contributed by atoms with Crippen molar-refractivity contribution in [3.63, 3.8) is 0 Å². The average molecular weight is 302 g/mol. The predicted molar refractivity (Wildman–Crippen MR) is 62.6 cm³/mol. The van der Waals surface area contributed by atoms with Crippen LogP contribution in [0.1, 0.15) is 0 Å². The molecule has 0 fully saturated rings. The quantitative estimate of drug-likeness (QED) is 0.344. The summed E-state index contributed by atoms with van der Waals surface area (Å²) >= 11 is 2.81. The highest BCUT2D eigenvalue weighted by molar-refractivity contribution is 9.10. The summed E-state index contributed by atoms with van der Waals surface area (Å²) in [4.78, 5) is 0. The van der Waals surface area contributed by atoms with Gasteiger partial charge in [-0.2, -0.15) is 10.4 Å². The van der Waals surface area contributed by atoms with E-state index in [1.54, 1.807) is 0 Å². The van der Waals surface area contributed by atoms with E-state index >= 15 is 0 Å². The van der Waals surface area contributed by atoms with E-state index < -0.39 is 23.2 Å². The van der Waals surface area contributed by atoms with Crippen LogP contribution in [0.2, 0.25) is 0 Å². The van der Waals surface area contributed by atoms with Gasteiger partial charge in [0.2, 0.25) is 5.71 Å². The number of nitrogens with two attached hydrogens (primary N) is 1. The van der Waals surface area contributed by atoms with Crippen LogP contribution in [-0.4, -0.2) is 11.5 Å². The Kier molecular flexibility index (Phi) is 4.12. The number of hydrogen-bond acceptors (Lipinski definition) is 4. The zero-order valence-corrected chi connectivity index (χ0v) is 9.85. The zero-order chi connectivity index (χ0) is 13.0. The first-order valence-electron chi connectivity index (χ1n) is 4.18. The van der Waals surface area contributed by atoms with Crippen LogP contribution >= 0.6 is 15.9 Å². The SMILES string of the molecule is N#C/C(=N\Nc1cc(F)c(Br)cc1F)C(=N)N. The van der Waals surface area contributed by atoms with Gasteiger partial charge in [0.15, 0.2) is 5.84 Å². The van der Waals surface area contributed by atoms with Gasteiger partial charge >= 0.3 is 0 Å². The maximum absolute atomic E-state index is 13.3. The summed E-state index contributed by atoms with van der Waals surface area (Å²) in [5, 5.41) is 18.9. The van der Waals surface area contributed by atoms with Crippen LogP contribution in [0.15, 0.2) is 21.7 Å². The van der Waals surface area contributed by atoms with E-state index in [1.807, 2.05) is 0 Å². The number of nitrogens with zero attached hydrogens (tertiary/aromatic N) is 2. The van der Waals surface area contributed by atoms with E-state index in [0.717, 1.165) is 12.1 Å². The fraction of sp³-hybridized carbons (Fsp3) is 0. The first-order chi connectivity index (χ1) is 7.95. The smallest absolute Gasteiger partial charge is 0.201 e. The Morgan fingerprint density at radius 1 is 1.47 bits per heavy atom. The molecular formula is C9H6BrF2N5. The molecule has 0 aliphatic carbocycles. The minimum absolute atomic E-state index is 0.0309. The van der Waals surface area contributed by atoms with Gasteiger partial charge in [0, 0.05) is 6.07 Å². The molecule has 17 heavy (non-hydrogen) atoms. The van der Waals surface area contributed by atoms with Crippen molar-refractivity contribution in [2.24, 2.45) is 10.8 Å². The lowest BCUT2D eigenvalue weighted by Gasteiger charge is -2.04. The van der Waals surface area contributed by atoms with Crippen molar-refractivity contribution < 1.29 is 8.78 Å². The van der Waals surface area contributed by atoms with Crippen molar-refractivity contribution in [3.8, 4) is 6.07 Å². The standard InChI is InChI=1S/C9H6BrF2N5/c10-4-1-6(12)7(2-5(4)11)16-17-8(3-13)9(14)15/h1-2,16H,(H3,14,15)/b17-8+. The fourth-order valence-corrected chi connectivity index (χ4v) is 1.19. The summed E-state index contributed by atoms with van der Waals surface area (Å²) < 4.78 is 26.3. The van der Waals surface area contributed by atoms with Gasteiger partial charge in [-0.3, -0.25) is 10.8 Å². The third-order valence-corrected chi connectivity index (χ3v) is 2.27. The molecule has 0 aromatic heterocycles. The fourth-order valence-electron chi connectivity index (χ4n) is 0.870. The summed E-state index contributed by atoms with van der Waals surface area (Å²) in [7, 11) is 0. The number of halogens is 3.